The van der Waals surface area contributed by atoms with Crippen molar-refractivity contribution in [2.75, 3.05) is 26.4 Å². The first-order valence-electron chi connectivity index (χ1n) is 13.6. The third-order valence-corrected chi connectivity index (χ3v) is 6.66. The van der Waals surface area contributed by atoms with Crippen molar-refractivity contribution in [3.05, 3.63) is 65.7 Å². The van der Waals surface area contributed by atoms with Crippen LogP contribution in [-0.2, 0) is 20.7 Å². The lowest BCUT2D eigenvalue weighted by atomic mass is 9.92. The molecule has 1 saturated heterocycles. The predicted octanol–water partition coefficient (Wildman–Crippen LogP) is 2.43. The van der Waals surface area contributed by atoms with Gasteiger partial charge < -0.3 is 30.3 Å². The number of carbonyl (C=O) groups excluding carboxylic acids is 3. The fraction of sp³-hybridized carbons (Fsp3) is 0.500. The lowest BCUT2D eigenvalue weighted by Crippen LogP contribution is -2.55. The Labute approximate surface area is 229 Å². The molecule has 3 atom stereocenters. The molecule has 0 radical (unpaired) electrons. The topological polar surface area (TPSA) is 137 Å². The van der Waals surface area contributed by atoms with Crippen LogP contribution < -0.4 is 15.4 Å². The van der Waals surface area contributed by atoms with Crippen molar-refractivity contribution in [3.8, 4) is 5.75 Å². The van der Waals surface area contributed by atoms with Crippen LogP contribution in [0.1, 0.15) is 55.5 Å². The highest BCUT2D eigenvalue weighted by atomic mass is 16.6. The normalized spacial score (nSPS) is 17.8. The minimum atomic E-state index is -1.28. The predicted molar refractivity (Wildman–Crippen MR) is 146 cm³/mol. The van der Waals surface area contributed by atoms with Gasteiger partial charge in [0, 0.05) is 5.56 Å². The number of amides is 2. The first-order valence-corrected chi connectivity index (χ1v) is 13.6. The van der Waals surface area contributed by atoms with Crippen molar-refractivity contribution in [3.63, 3.8) is 0 Å². The number of epoxide rings is 1. The summed E-state index contributed by atoms with van der Waals surface area (Å²) in [5, 5.41) is 24.5. The summed E-state index contributed by atoms with van der Waals surface area (Å²) in [5.74, 6) is -1.05. The van der Waals surface area contributed by atoms with Gasteiger partial charge in [-0.25, -0.2) is 0 Å². The van der Waals surface area contributed by atoms with Gasteiger partial charge in [-0.15, -0.1) is 0 Å². The van der Waals surface area contributed by atoms with E-state index >= 15 is 0 Å². The monoisotopic (exact) mass is 540 g/mol. The molecule has 2 aromatic carbocycles. The second kappa shape index (κ2) is 14.8. The quantitative estimate of drug-likeness (QED) is 0.179. The number of hydrogen-bond acceptors (Lipinski definition) is 7. The highest BCUT2D eigenvalue weighted by Gasteiger charge is 2.54. The Morgan fingerprint density at radius 3 is 2.36 bits per heavy atom. The average Bonchev–Trinajstić information content (AvgIpc) is 3.74. The van der Waals surface area contributed by atoms with Gasteiger partial charge in [0.15, 0.2) is 11.4 Å². The van der Waals surface area contributed by atoms with Crippen molar-refractivity contribution in [1.82, 2.24) is 10.6 Å². The molecule has 2 amide bonds. The number of rotatable bonds is 17. The summed E-state index contributed by atoms with van der Waals surface area (Å²) >= 11 is 0. The van der Waals surface area contributed by atoms with E-state index in [0.29, 0.717) is 18.8 Å². The van der Waals surface area contributed by atoms with Crippen LogP contribution in [0.15, 0.2) is 54.6 Å². The van der Waals surface area contributed by atoms with Crippen LogP contribution in [-0.4, -0.2) is 71.9 Å². The maximum Gasteiger partial charge on any atom is 0.252 e. The molecule has 1 aliphatic heterocycles. The molecule has 0 spiro atoms. The summed E-state index contributed by atoms with van der Waals surface area (Å²) in [6.45, 7) is 3.29. The Morgan fingerprint density at radius 2 is 1.72 bits per heavy atom. The van der Waals surface area contributed by atoms with Crippen LogP contribution in [0, 0.1) is 5.92 Å². The van der Waals surface area contributed by atoms with E-state index in [1.807, 2.05) is 32.0 Å². The first kappa shape index (κ1) is 30.3. The zero-order valence-electron chi connectivity index (χ0n) is 22.7. The number of Topliss-reactive ketones (excluding diaryl/α,β-unsaturated/α-hetero) is 1. The molecule has 4 N–H and O–H groups in total. The van der Waals surface area contributed by atoms with Crippen molar-refractivity contribution >= 4 is 17.6 Å². The summed E-state index contributed by atoms with van der Waals surface area (Å²) in [6.07, 6.45) is 4.33. The molecule has 0 unspecified atom stereocenters. The number of ketones is 1. The standard InChI is InChI=1S/C30H40N2O7/c1-21(2)16-25(27(35)30(19-34)20-39-30)31-29(37)26(18-33)32-28(36)23-13-9-14-24(17-23)38-15-8-4-7-12-22-10-5-3-6-11-22/h3,5-6,9-11,13-14,17,21,25-26,33-34H,4,7-8,12,15-16,18-20H2,1-2H3,(H,31,37)(H,32,36)/t25-,26-,30-/m0/s1. The molecule has 1 heterocycles. The zero-order valence-corrected chi connectivity index (χ0v) is 22.7. The second-order valence-corrected chi connectivity index (χ2v) is 10.4. The number of ether oxygens (including phenoxy) is 2. The molecular formula is C30H40N2O7. The summed E-state index contributed by atoms with van der Waals surface area (Å²) in [6, 6.07) is 14.8. The zero-order chi connectivity index (χ0) is 28.3. The van der Waals surface area contributed by atoms with Gasteiger partial charge in [0.05, 0.1) is 32.5 Å². The van der Waals surface area contributed by atoms with Gasteiger partial charge in [-0.05, 0) is 61.8 Å². The molecule has 9 nitrogen and oxygen atoms in total. The number of nitrogens with one attached hydrogen (secondary N) is 2. The number of aliphatic hydroxyl groups is 2. The molecule has 1 fully saturated rings. The molecule has 1 aliphatic rings. The lowest BCUT2D eigenvalue weighted by Gasteiger charge is -2.24. The van der Waals surface area contributed by atoms with Crippen molar-refractivity contribution in [1.29, 1.82) is 0 Å². The van der Waals surface area contributed by atoms with E-state index in [-0.39, 0.29) is 18.1 Å². The van der Waals surface area contributed by atoms with Gasteiger partial charge in [0.25, 0.3) is 5.91 Å². The largest absolute Gasteiger partial charge is 0.494 e. The Hall–Kier alpha value is -3.27. The Bertz CT molecular complexity index is 1090. The smallest absolute Gasteiger partial charge is 0.252 e. The van der Waals surface area contributed by atoms with Gasteiger partial charge >= 0.3 is 0 Å². The van der Waals surface area contributed by atoms with Gasteiger partial charge in [-0.1, -0.05) is 50.2 Å². The summed E-state index contributed by atoms with van der Waals surface area (Å²) in [7, 11) is 0. The number of carbonyl (C=O) groups is 3. The average molecular weight is 541 g/mol. The number of aliphatic hydroxyl groups excluding tert-OH is 2. The number of aryl methyl sites for hydroxylation is 1. The molecular weight excluding hydrogens is 500 g/mol. The van der Waals surface area contributed by atoms with E-state index in [9.17, 15) is 24.6 Å². The maximum absolute atomic E-state index is 12.9. The summed E-state index contributed by atoms with van der Waals surface area (Å²) < 4.78 is 11.0. The van der Waals surface area contributed by atoms with Crippen LogP contribution >= 0.6 is 0 Å². The Morgan fingerprint density at radius 1 is 0.974 bits per heavy atom. The van der Waals surface area contributed by atoms with E-state index in [0.717, 1.165) is 25.7 Å². The lowest BCUT2D eigenvalue weighted by molar-refractivity contribution is -0.133. The van der Waals surface area contributed by atoms with Gasteiger partial charge in [0.1, 0.15) is 11.8 Å². The fourth-order valence-corrected chi connectivity index (χ4v) is 4.30. The van der Waals surface area contributed by atoms with Crippen LogP contribution in [0.3, 0.4) is 0 Å². The third kappa shape index (κ3) is 9.16. The van der Waals surface area contributed by atoms with Gasteiger partial charge in [0.2, 0.25) is 5.91 Å². The Balaban J connectivity index is 1.49. The molecule has 3 rings (SSSR count). The molecule has 0 bridgehead atoms. The fourth-order valence-electron chi connectivity index (χ4n) is 4.30. The highest BCUT2D eigenvalue weighted by molar-refractivity contribution is 6.00. The first-order chi connectivity index (χ1) is 18.8. The Kier molecular flexibility index (Phi) is 11.5. The number of hydrogen-bond donors (Lipinski definition) is 4. The summed E-state index contributed by atoms with van der Waals surface area (Å²) in [5.41, 5.74) is 0.316. The molecule has 9 heteroatoms. The highest BCUT2D eigenvalue weighted by Crippen LogP contribution is 2.30. The second-order valence-electron chi connectivity index (χ2n) is 10.4. The van der Waals surface area contributed by atoms with Crippen molar-refractivity contribution < 1.29 is 34.1 Å². The molecule has 0 aromatic heterocycles. The van der Waals surface area contributed by atoms with Crippen LogP contribution in [0.25, 0.3) is 0 Å². The van der Waals surface area contributed by atoms with Crippen LogP contribution in [0.2, 0.25) is 0 Å². The van der Waals surface area contributed by atoms with E-state index in [2.05, 4.69) is 22.8 Å². The molecule has 2 aromatic rings. The summed E-state index contributed by atoms with van der Waals surface area (Å²) in [4.78, 5) is 38.6. The maximum atomic E-state index is 12.9. The number of unbranched alkanes of at least 4 members (excludes halogenated alkanes) is 2. The van der Waals surface area contributed by atoms with E-state index in [4.69, 9.17) is 9.47 Å². The van der Waals surface area contributed by atoms with Crippen molar-refractivity contribution in [2.45, 2.75) is 63.6 Å². The van der Waals surface area contributed by atoms with E-state index < -0.39 is 48.5 Å². The van der Waals surface area contributed by atoms with E-state index in [1.54, 1.807) is 24.3 Å². The third-order valence-electron chi connectivity index (χ3n) is 6.66. The van der Waals surface area contributed by atoms with Crippen LogP contribution in [0.5, 0.6) is 5.75 Å². The van der Waals surface area contributed by atoms with Gasteiger partial charge in [-0.2, -0.15) is 0 Å². The molecule has 0 aliphatic carbocycles. The minimum Gasteiger partial charge on any atom is -0.494 e. The van der Waals surface area contributed by atoms with Crippen LogP contribution in [0.4, 0.5) is 0 Å². The molecule has 39 heavy (non-hydrogen) atoms. The van der Waals surface area contributed by atoms with Crippen molar-refractivity contribution in [2.24, 2.45) is 5.92 Å². The molecule has 0 saturated carbocycles. The van der Waals surface area contributed by atoms with Gasteiger partial charge in [-0.3, -0.25) is 14.4 Å². The minimum absolute atomic E-state index is 0.0718. The number of benzene rings is 2. The molecule has 212 valence electrons. The van der Waals surface area contributed by atoms with E-state index in [1.165, 1.54) is 5.56 Å². The SMILES string of the molecule is CC(C)C[C@H](NC(=O)[C@H](CO)NC(=O)c1cccc(OCCCCCc2ccccc2)c1)C(=O)[C@]1(CO)CO1.